The molecule has 0 aliphatic heterocycles. The van der Waals surface area contributed by atoms with Gasteiger partial charge in [0.15, 0.2) is 11.9 Å². The molecule has 0 saturated heterocycles. The van der Waals surface area contributed by atoms with Gasteiger partial charge < -0.3 is 24.6 Å². The zero-order valence-corrected chi connectivity index (χ0v) is 35.5. The Morgan fingerprint density at radius 2 is 1.11 bits per heavy atom. The molecule has 0 spiro atoms. The van der Waals surface area contributed by atoms with E-state index in [0.29, 0.717) is 25.7 Å². The van der Waals surface area contributed by atoms with Gasteiger partial charge in [-0.3, -0.25) is 23.4 Å². The van der Waals surface area contributed by atoms with Gasteiger partial charge in [0.25, 0.3) is 0 Å². The molecule has 0 aromatic heterocycles. The fourth-order valence-corrected chi connectivity index (χ4v) is 6.08. The molecule has 0 rings (SSSR count). The first-order valence-electron chi connectivity index (χ1n) is 21.2. The minimum Gasteiger partial charge on any atom is -0.462 e. The summed E-state index contributed by atoms with van der Waals surface area (Å²) in [5.41, 5.74) is 0. The molecule has 0 bridgehead atoms. The average molecular weight is 811 g/mol. The summed E-state index contributed by atoms with van der Waals surface area (Å²) >= 11 is 0. The molecule has 1 unspecified atom stereocenters. The Morgan fingerprint density at radius 3 is 1.79 bits per heavy atom. The first kappa shape index (κ1) is 53.3. The molecule has 0 heterocycles. The number of phosphoric ester groups is 1. The van der Waals surface area contributed by atoms with E-state index < -0.39 is 51.8 Å². The van der Waals surface area contributed by atoms with Crippen molar-refractivity contribution in [2.24, 2.45) is 0 Å². The maximum absolute atomic E-state index is 12.6. The topological polar surface area (TPSA) is 166 Å². The zero-order valence-electron chi connectivity index (χ0n) is 34.6. The second kappa shape index (κ2) is 39.2. The lowest BCUT2D eigenvalue weighted by atomic mass is 10.1. The van der Waals surface area contributed by atoms with Crippen LogP contribution in [0.3, 0.4) is 0 Å². The number of carbonyl (C=O) groups is 3. The number of hydrogen-bond acceptors (Lipinski definition) is 10. The van der Waals surface area contributed by atoms with E-state index in [4.69, 9.17) is 19.1 Å². The van der Waals surface area contributed by atoms with Crippen LogP contribution in [0.15, 0.2) is 60.8 Å². The maximum atomic E-state index is 12.6. The molecule has 3 atom stereocenters. The van der Waals surface area contributed by atoms with Gasteiger partial charge in [-0.2, -0.15) is 0 Å². The van der Waals surface area contributed by atoms with Crippen molar-refractivity contribution >= 4 is 25.5 Å². The third-order valence-electron chi connectivity index (χ3n) is 8.62. The highest BCUT2D eigenvalue weighted by Crippen LogP contribution is 2.43. The predicted molar refractivity (Wildman–Crippen MR) is 224 cm³/mol. The largest absolute Gasteiger partial charge is 0.472 e. The fraction of sp³-hybridized carbons (Fsp3) is 0.705. The van der Waals surface area contributed by atoms with Crippen molar-refractivity contribution in [2.45, 2.75) is 174 Å². The summed E-state index contributed by atoms with van der Waals surface area (Å²) in [6.07, 6.45) is 38.9. The molecule has 12 heteroatoms. The Bertz CT molecular complexity index is 1180. The Labute approximate surface area is 338 Å². The first-order chi connectivity index (χ1) is 27.1. The quantitative estimate of drug-likeness (QED) is 0.0135. The molecule has 0 aromatic carbocycles. The fourth-order valence-electron chi connectivity index (χ4n) is 5.29. The third kappa shape index (κ3) is 38.2. The molecule has 0 aromatic rings. The lowest BCUT2D eigenvalue weighted by Gasteiger charge is -2.20. The maximum Gasteiger partial charge on any atom is 0.472 e. The monoisotopic (exact) mass is 811 g/mol. The number of hydrogen-bond donors (Lipinski definition) is 3. The van der Waals surface area contributed by atoms with Crippen molar-refractivity contribution in [3.05, 3.63) is 60.8 Å². The Balaban J connectivity index is 4.47. The summed E-state index contributed by atoms with van der Waals surface area (Å²) in [5.74, 6) is -0.879. The van der Waals surface area contributed by atoms with Crippen LogP contribution in [0.2, 0.25) is 0 Å². The highest BCUT2D eigenvalue weighted by atomic mass is 31.2. The van der Waals surface area contributed by atoms with E-state index in [9.17, 15) is 28.9 Å². The van der Waals surface area contributed by atoms with Crippen LogP contribution in [0.5, 0.6) is 0 Å². The molecule has 0 saturated carbocycles. The number of aliphatic hydroxyl groups is 2. The van der Waals surface area contributed by atoms with Gasteiger partial charge in [-0.05, 0) is 70.3 Å². The molecular weight excluding hydrogens is 735 g/mol. The Hall–Kier alpha value is -2.66. The van der Waals surface area contributed by atoms with Crippen molar-refractivity contribution in [2.75, 3.05) is 26.4 Å². The van der Waals surface area contributed by atoms with Crippen molar-refractivity contribution < 1.29 is 52.6 Å². The lowest BCUT2D eigenvalue weighted by Crippen LogP contribution is -2.29. The molecule has 0 aliphatic carbocycles. The van der Waals surface area contributed by atoms with Crippen LogP contribution in [0, 0.1) is 0 Å². The highest BCUT2D eigenvalue weighted by molar-refractivity contribution is 7.47. The SMILES string of the molecule is CCCCCC/C=C\CCCCCCCCCC(=O)OC[C@H](COP(=O)(O)OC[C@@H](O)CO)OC(=O)CCC/C=C\C/C=C\C/C=C\C=C\C(=O)CCCCC. The van der Waals surface area contributed by atoms with Crippen LogP contribution in [0.25, 0.3) is 0 Å². The van der Waals surface area contributed by atoms with Crippen molar-refractivity contribution in [3.8, 4) is 0 Å². The van der Waals surface area contributed by atoms with Gasteiger partial charge >= 0.3 is 19.8 Å². The van der Waals surface area contributed by atoms with Crippen LogP contribution < -0.4 is 0 Å². The number of ether oxygens (including phenoxy) is 2. The van der Waals surface area contributed by atoms with Crippen molar-refractivity contribution in [1.29, 1.82) is 0 Å². The van der Waals surface area contributed by atoms with Crippen LogP contribution in [0.1, 0.15) is 162 Å². The zero-order chi connectivity index (χ0) is 41.4. The molecule has 0 amide bonds. The normalized spacial score (nSPS) is 14.4. The lowest BCUT2D eigenvalue weighted by molar-refractivity contribution is -0.161. The number of aliphatic hydroxyl groups excluding tert-OH is 2. The summed E-state index contributed by atoms with van der Waals surface area (Å²) in [5, 5.41) is 18.3. The van der Waals surface area contributed by atoms with Gasteiger partial charge in [0.2, 0.25) is 0 Å². The van der Waals surface area contributed by atoms with Gasteiger partial charge in [-0.25, -0.2) is 4.57 Å². The van der Waals surface area contributed by atoms with E-state index in [-0.39, 0.29) is 25.2 Å². The number of phosphoric acid groups is 1. The molecule has 0 fully saturated rings. The number of esters is 2. The van der Waals surface area contributed by atoms with E-state index in [0.717, 1.165) is 57.8 Å². The average Bonchev–Trinajstić information content (AvgIpc) is 3.18. The van der Waals surface area contributed by atoms with Gasteiger partial charge in [0.1, 0.15) is 12.7 Å². The highest BCUT2D eigenvalue weighted by Gasteiger charge is 2.27. The molecule has 56 heavy (non-hydrogen) atoms. The second-order valence-electron chi connectivity index (χ2n) is 14.0. The number of rotatable bonds is 39. The van der Waals surface area contributed by atoms with E-state index in [1.165, 1.54) is 51.4 Å². The molecule has 11 nitrogen and oxygen atoms in total. The molecule has 0 aliphatic rings. The van der Waals surface area contributed by atoms with Crippen LogP contribution in [0.4, 0.5) is 0 Å². The smallest absolute Gasteiger partial charge is 0.462 e. The molecule has 3 N–H and O–H groups in total. The van der Waals surface area contributed by atoms with Crippen molar-refractivity contribution in [3.63, 3.8) is 0 Å². The molecular formula is C44H75O11P. The summed E-state index contributed by atoms with van der Waals surface area (Å²) in [4.78, 5) is 46.6. The summed E-state index contributed by atoms with van der Waals surface area (Å²) in [7, 11) is -4.65. The standard InChI is InChI=1S/C44H75O11P/c1-3-5-7-8-9-10-11-12-13-14-17-20-23-26-30-34-43(48)52-38-42(39-54-56(50,51)53-37-41(47)36-45)55-44(49)35-31-27-24-21-18-15-16-19-22-25-29-33-40(46)32-28-6-4-2/h10-11,15-16,21-22,24-25,29,33,41-42,45,47H,3-9,12-14,17-20,23,26-28,30-32,34-39H2,1-2H3,(H,50,51)/b11-10-,16-15-,24-21-,25-22-,33-29+/t41-,42+/m0/s1. The predicted octanol–water partition coefficient (Wildman–Crippen LogP) is 10.3. The Kier molecular flexibility index (Phi) is 37.3. The summed E-state index contributed by atoms with van der Waals surface area (Å²) in [6.45, 7) is 2.10. The second-order valence-corrected chi connectivity index (χ2v) is 15.5. The summed E-state index contributed by atoms with van der Waals surface area (Å²) in [6, 6.07) is 0. The Morgan fingerprint density at radius 1 is 0.589 bits per heavy atom. The number of unbranched alkanes of at least 4 members (excludes halogenated alkanes) is 14. The third-order valence-corrected chi connectivity index (χ3v) is 9.57. The van der Waals surface area contributed by atoms with Crippen molar-refractivity contribution in [1.82, 2.24) is 0 Å². The number of allylic oxidation sites excluding steroid dienone is 10. The van der Waals surface area contributed by atoms with Crippen LogP contribution >= 0.6 is 7.82 Å². The molecule has 0 radical (unpaired) electrons. The van der Waals surface area contributed by atoms with E-state index in [1.807, 2.05) is 36.5 Å². The van der Waals surface area contributed by atoms with E-state index in [2.05, 4.69) is 30.5 Å². The minimum absolute atomic E-state index is 0.0792. The summed E-state index contributed by atoms with van der Waals surface area (Å²) < 4.78 is 32.6. The molecule has 322 valence electrons. The van der Waals surface area contributed by atoms with Gasteiger partial charge in [0, 0.05) is 19.3 Å². The van der Waals surface area contributed by atoms with E-state index >= 15 is 0 Å². The minimum atomic E-state index is -4.65. The number of carbonyl (C=O) groups excluding carboxylic acids is 3. The van der Waals surface area contributed by atoms with Gasteiger partial charge in [-0.1, -0.05) is 133 Å². The van der Waals surface area contributed by atoms with Crippen LogP contribution in [-0.4, -0.2) is 71.5 Å². The van der Waals surface area contributed by atoms with Gasteiger partial charge in [-0.15, -0.1) is 0 Å². The number of ketones is 1. The first-order valence-corrected chi connectivity index (χ1v) is 22.7. The van der Waals surface area contributed by atoms with E-state index in [1.54, 1.807) is 12.2 Å². The van der Waals surface area contributed by atoms with Crippen LogP contribution in [-0.2, 0) is 37.5 Å². The van der Waals surface area contributed by atoms with Gasteiger partial charge in [0.05, 0.1) is 19.8 Å².